The molecule has 5 heteroatoms. The van der Waals surface area contributed by atoms with Crippen molar-refractivity contribution in [2.24, 2.45) is 5.41 Å². The van der Waals surface area contributed by atoms with Gasteiger partial charge in [-0.3, -0.25) is 4.79 Å². The smallest absolute Gasteiger partial charge is 0.252 e. The number of amides is 1. The second-order valence-electron chi connectivity index (χ2n) is 4.94. The van der Waals surface area contributed by atoms with Crippen LogP contribution in [0, 0.1) is 5.41 Å². The molecule has 0 aliphatic carbocycles. The van der Waals surface area contributed by atoms with E-state index in [9.17, 15) is 4.79 Å². The molecule has 0 atom stereocenters. The Labute approximate surface area is 100 Å². The predicted molar refractivity (Wildman–Crippen MR) is 65.1 cm³/mol. The summed E-state index contributed by atoms with van der Waals surface area (Å²) in [5, 5.41) is 5.90. The van der Waals surface area contributed by atoms with E-state index >= 15 is 0 Å². The summed E-state index contributed by atoms with van der Waals surface area (Å²) in [6.45, 7) is 4.40. The maximum Gasteiger partial charge on any atom is 0.252 e. The van der Waals surface area contributed by atoms with Gasteiger partial charge >= 0.3 is 0 Å². The summed E-state index contributed by atoms with van der Waals surface area (Å²) in [6.07, 6.45) is 1.64. The van der Waals surface area contributed by atoms with Crippen LogP contribution in [0.3, 0.4) is 0 Å². The molecule has 2 saturated heterocycles. The van der Waals surface area contributed by atoms with E-state index < -0.39 is 0 Å². The summed E-state index contributed by atoms with van der Waals surface area (Å²) < 4.78 is 0. The van der Waals surface area contributed by atoms with Crippen molar-refractivity contribution in [1.82, 2.24) is 15.6 Å². The lowest BCUT2D eigenvalue weighted by Crippen LogP contribution is -2.71. The molecule has 3 rings (SSSR count). The molecule has 2 aliphatic heterocycles. The lowest BCUT2D eigenvalue weighted by atomic mass is 9.74. The predicted octanol–water partition coefficient (Wildman–Crippen LogP) is -0.149. The summed E-state index contributed by atoms with van der Waals surface area (Å²) >= 11 is 0. The summed E-state index contributed by atoms with van der Waals surface area (Å²) in [4.78, 5) is 18.0. The van der Waals surface area contributed by atoms with Gasteiger partial charge in [0, 0.05) is 44.8 Å². The summed E-state index contributed by atoms with van der Waals surface area (Å²) in [6, 6.07) is 3.74. The highest BCUT2D eigenvalue weighted by Gasteiger charge is 2.47. The van der Waals surface area contributed by atoms with Crippen molar-refractivity contribution in [1.29, 1.82) is 0 Å². The molecule has 1 amide bonds. The van der Waals surface area contributed by atoms with Gasteiger partial charge in [0.2, 0.25) is 0 Å². The Morgan fingerprint density at radius 3 is 2.71 bits per heavy atom. The van der Waals surface area contributed by atoms with E-state index in [0.717, 1.165) is 32.0 Å². The van der Waals surface area contributed by atoms with E-state index in [1.165, 1.54) is 0 Å². The summed E-state index contributed by atoms with van der Waals surface area (Å²) in [5.74, 6) is 0.877. The van der Waals surface area contributed by atoms with Crippen LogP contribution in [0.4, 0.5) is 5.82 Å². The maximum atomic E-state index is 11.4. The molecule has 2 N–H and O–H groups in total. The van der Waals surface area contributed by atoms with E-state index in [-0.39, 0.29) is 5.91 Å². The van der Waals surface area contributed by atoms with Crippen LogP contribution in [0.15, 0.2) is 18.3 Å². The fourth-order valence-corrected chi connectivity index (χ4v) is 2.48. The van der Waals surface area contributed by atoms with Crippen LogP contribution in [0.5, 0.6) is 0 Å². The van der Waals surface area contributed by atoms with E-state index in [1.807, 2.05) is 12.1 Å². The normalized spacial score (nSPS) is 20.6. The van der Waals surface area contributed by atoms with Gasteiger partial charge in [-0.05, 0) is 12.1 Å². The fraction of sp³-hybridized carbons (Fsp3) is 0.500. The molecule has 5 nitrogen and oxygen atoms in total. The molecule has 17 heavy (non-hydrogen) atoms. The molecular weight excluding hydrogens is 216 g/mol. The minimum Gasteiger partial charge on any atom is -0.355 e. The highest BCUT2D eigenvalue weighted by atomic mass is 16.1. The first-order valence-corrected chi connectivity index (χ1v) is 5.86. The Morgan fingerprint density at radius 1 is 1.47 bits per heavy atom. The van der Waals surface area contributed by atoms with E-state index in [1.54, 1.807) is 13.2 Å². The zero-order valence-corrected chi connectivity index (χ0v) is 9.86. The maximum absolute atomic E-state index is 11.4. The molecule has 0 aromatic carbocycles. The van der Waals surface area contributed by atoms with E-state index in [2.05, 4.69) is 20.5 Å². The van der Waals surface area contributed by atoms with Crippen LogP contribution in [0.25, 0.3) is 0 Å². The van der Waals surface area contributed by atoms with Crippen molar-refractivity contribution < 1.29 is 4.79 Å². The van der Waals surface area contributed by atoms with Gasteiger partial charge in [-0.1, -0.05) is 0 Å². The van der Waals surface area contributed by atoms with Crippen LogP contribution in [-0.4, -0.2) is 44.1 Å². The number of carbonyl (C=O) groups excluding carboxylic acids is 1. The van der Waals surface area contributed by atoms with Crippen LogP contribution < -0.4 is 15.5 Å². The number of pyridine rings is 1. The number of nitrogens with one attached hydrogen (secondary N) is 2. The second kappa shape index (κ2) is 3.70. The summed E-state index contributed by atoms with van der Waals surface area (Å²) in [5.41, 5.74) is 1.11. The molecule has 0 bridgehead atoms. The Hall–Kier alpha value is -1.62. The number of hydrogen-bond acceptors (Lipinski definition) is 4. The number of anilines is 1. The third kappa shape index (κ3) is 1.67. The first-order valence-electron chi connectivity index (χ1n) is 5.86. The molecule has 2 fully saturated rings. The van der Waals surface area contributed by atoms with Gasteiger partial charge in [0.1, 0.15) is 5.82 Å². The molecule has 90 valence electrons. The topological polar surface area (TPSA) is 57.3 Å². The van der Waals surface area contributed by atoms with E-state index in [4.69, 9.17) is 0 Å². The minimum atomic E-state index is -0.0904. The first-order chi connectivity index (χ1) is 8.22. The summed E-state index contributed by atoms with van der Waals surface area (Å²) in [7, 11) is 1.62. The third-order valence-electron chi connectivity index (χ3n) is 3.61. The van der Waals surface area contributed by atoms with Gasteiger partial charge in [0.05, 0.1) is 5.56 Å². The quantitative estimate of drug-likeness (QED) is 0.744. The van der Waals surface area contributed by atoms with Crippen LogP contribution in [-0.2, 0) is 0 Å². The molecule has 1 aromatic rings. The number of rotatable bonds is 2. The van der Waals surface area contributed by atoms with Gasteiger partial charge in [0.25, 0.3) is 5.91 Å². The van der Waals surface area contributed by atoms with Crippen LogP contribution in [0.2, 0.25) is 0 Å². The first kappa shape index (κ1) is 10.5. The largest absolute Gasteiger partial charge is 0.355 e. The number of aromatic nitrogens is 1. The minimum absolute atomic E-state index is 0.0904. The highest BCUT2D eigenvalue weighted by Crippen LogP contribution is 2.36. The van der Waals surface area contributed by atoms with Crippen molar-refractivity contribution >= 4 is 11.7 Å². The average Bonchev–Trinajstić information content (AvgIpc) is 2.25. The zero-order chi connectivity index (χ0) is 11.9. The van der Waals surface area contributed by atoms with Crippen LogP contribution >= 0.6 is 0 Å². The van der Waals surface area contributed by atoms with Gasteiger partial charge in [-0.2, -0.15) is 0 Å². The fourth-order valence-electron chi connectivity index (χ4n) is 2.48. The number of carbonyl (C=O) groups is 1. The molecule has 0 saturated carbocycles. The van der Waals surface area contributed by atoms with Crippen molar-refractivity contribution in [3.63, 3.8) is 0 Å². The number of nitrogens with zero attached hydrogens (tertiary/aromatic N) is 2. The lowest BCUT2D eigenvalue weighted by molar-refractivity contribution is 0.0962. The standard InChI is InChI=1S/C12H16N4O/c1-13-11(17)9-2-3-10(15-4-9)16-7-12(8-16)5-14-6-12/h2-4,14H,5-8H2,1H3,(H,13,17). The van der Waals surface area contributed by atoms with Gasteiger partial charge in [-0.15, -0.1) is 0 Å². The average molecular weight is 232 g/mol. The molecule has 0 radical (unpaired) electrons. The second-order valence-corrected chi connectivity index (χ2v) is 4.94. The molecule has 0 unspecified atom stereocenters. The van der Waals surface area contributed by atoms with Gasteiger partial charge in [0.15, 0.2) is 0 Å². The van der Waals surface area contributed by atoms with Crippen molar-refractivity contribution in [2.45, 2.75) is 0 Å². The van der Waals surface area contributed by atoms with Crippen molar-refractivity contribution in [3.8, 4) is 0 Å². The van der Waals surface area contributed by atoms with E-state index in [0.29, 0.717) is 11.0 Å². The molecule has 2 aliphatic rings. The SMILES string of the molecule is CNC(=O)c1ccc(N2CC3(CNC3)C2)nc1. The monoisotopic (exact) mass is 232 g/mol. The lowest BCUT2D eigenvalue weighted by Gasteiger charge is -2.56. The Kier molecular flexibility index (Phi) is 2.29. The molecular formula is C12H16N4O. The van der Waals surface area contributed by atoms with Crippen molar-refractivity contribution in [3.05, 3.63) is 23.9 Å². The van der Waals surface area contributed by atoms with Gasteiger partial charge in [-0.25, -0.2) is 4.98 Å². The zero-order valence-electron chi connectivity index (χ0n) is 9.86. The third-order valence-corrected chi connectivity index (χ3v) is 3.61. The Morgan fingerprint density at radius 2 is 2.24 bits per heavy atom. The molecule has 1 spiro atoms. The highest BCUT2D eigenvalue weighted by molar-refractivity contribution is 5.93. The number of hydrogen-bond donors (Lipinski definition) is 2. The van der Waals surface area contributed by atoms with Crippen molar-refractivity contribution in [2.75, 3.05) is 38.1 Å². The Bertz CT molecular complexity index is 430. The Balaban J connectivity index is 1.67. The molecule has 1 aromatic heterocycles. The van der Waals surface area contributed by atoms with Gasteiger partial charge < -0.3 is 15.5 Å². The molecule has 3 heterocycles. The van der Waals surface area contributed by atoms with Crippen LogP contribution in [0.1, 0.15) is 10.4 Å².